The Kier molecular flexibility index (Phi) is 5.39. The van der Waals surface area contributed by atoms with Crippen molar-refractivity contribution in [1.29, 1.82) is 0 Å². The minimum absolute atomic E-state index is 0.0291. The fourth-order valence-electron chi connectivity index (χ4n) is 3.05. The zero-order chi connectivity index (χ0) is 17.8. The number of nitrogens with one attached hydrogen (secondary N) is 1. The molecule has 0 spiro atoms. The van der Waals surface area contributed by atoms with Crippen molar-refractivity contribution in [3.05, 3.63) is 65.2 Å². The summed E-state index contributed by atoms with van der Waals surface area (Å²) in [5.41, 5.74) is 1.97. The zero-order valence-electron chi connectivity index (χ0n) is 14.1. The third-order valence-corrected chi connectivity index (χ3v) is 4.84. The van der Waals surface area contributed by atoms with Gasteiger partial charge in [0.2, 0.25) is 11.8 Å². The van der Waals surface area contributed by atoms with Gasteiger partial charge in [-0.05, 0) is 35.7 Å². The van der Waals surface area contributed by atoms with Crippen LogP contribution in [0, 0.1) is 5.92 Å². The highest BCUT2D eigenvalue weighted by Crippen LogP contribution is 2.26. The maximum absolute atomic E-state index is 12.4. The van der Waals surface area contributed by atoms with E-state index >= 15 is 0 Å². The first-order valence-corrected chi connectivity index (χ1v) is 8.81. The van der Waals surface area contributed by atoms with Gasteiger partial charge in [-0.2, -0.15) is 0 Å². The van der Waals surface area contributed by atoms with Crippen LogP contribution in [-0.4, -0.2) is 24.9 Å². The standard InChI is InChI=1S/C20H21ClN2O2/c1-14(15-5-3-2-4-6-15)12-22-20(25)16-11-19(24)23(13-16)18-9-7-17(21)8-10-18/h2-10,14,16H,11-13H2,1H3,(H,22,25). The monoisotopic (exact) mass is 356 g/mol. The van der Waals surface area contributed by atoms with Gasteiger partial charge in [-0.3, -0.25) is 9.59 Å². The Morgan fingerprint density at radius 2 is 1.88 bits per heavy atom. The molecular formula is C20H21ClN2O2. The Bertz CT molecular complexity index is 746. The predicted octanol–water partition coefficient (Wildman–Crippen LogP) is 3.61. The Morgan fingerprint density at radius 3 is 2.56 bits per heavy atom. The van der Waals surface area contributed by atoms with Gasteiger partial charge in [-0.15, -0.1) is 0 Å². The first-order valence-electron chi connectivity index (χ1n) is 8.43. The van der Waals surface area contributed by atoms with Gasteiger partial charge in [-0.25, -0.2) is 0 Å². The van der Waals surface area contributed by atoms with Crippen LogP contribution in [0.2, 0.25) is 5.02 Å². The van der Waals surface area contributed by atoms with E-state index in [-0.39, 0.29) is 30.1 Å². The van der Waals surface area contributed by atoms with Gasteiger partial charge in [0.15, 0.2) is 0 Å². The molecule has 25 heavy (non-hydrogen) atoms. The number of halogens is 1. The van der Waals surface area contributed by atoms with Crippen LogP contribution in [0.4, 0.5) is 5.69 Å². The summed E-state index contributed by atoms with van der Waals surface area (Å²) in [7, 11) is 0. The molecule has 5 heteroatoms. The summed E-state index contributed by atoms with van der Waals surface area (Å²) < 4.78 is 0. The largest absolute Gasteiger partial charge is 0.355 e. The minimum Gasteiger partial charge on any atom is -0.355 e. The van der Waals surface area contributed by atoms with Gasteiger partial charge < -0.3 is 10.2 Å². The van der Waals surface area contributed by atoms with Crippen LogP contribution >= 0.6 is 11.6 Å². The molecule has 1 fully saturated rings. The van der Waals surface area contributed by atoms with E-state index in [0.29, 0.717) is 18.1 Å². The van der Waals surface area contributed by atoms with Crippen LogP contribution in [0.25, 0.3) is 0 Å². The Morgan fingerprint density at radius 1 is 1.20 bits per heavy atom. The van der Waals surface area contributed by atoms with Gasteiger partial charge >= 0.3 is 0 Å². The molecular weight excluding hydrogens is 336 g/mol. The summed E-state index contributed by atoms with van der Waals surface area (Å²) in [6.45, 7) is 3.05. The molecule has 1 N–H and O–H groups in total. The smallest absolute Gasteiger partial charge is 0.227 e. The van der Waals surface area contributed by atoms with Crippen molar-refractivity contribution in [3.8, 4) is 0 Å². The lowest BCUT2D eigenvalue weighted by Gasteiger charge is -2.18. The SMILES string of the molecule is CC(CNC(=O)C1CC(=O)N(c2ccc(Cl)cc2)C1)c1ccccc1. The predicted molar refractivity (Wildman–Crippen MR) is 99.8 cm³/mol. The second-order valence-electron chi connectivity index (χ2n) is 6.44. The number of hydrogen-bond donors (Lipinski definition) is 1. The van der Waals surface area contributed by atoms with Gasteiger partial charge in [-0.1, -0.05) is 48.9 Å². The maximum atomic E-state index is 12.4. The molecule has 0 saturated carbocycles. The summed E-state index contributed by atoms with van der Waals surface area (Å²) in [6, 6.07) is 17.2. The zero-order valence-corrected chi connectivity index (χ0v) is 14.9. The average molecular weight is 357 g/mol. The molecule has 0 aliphatic carbocycles. The quantitative estimate of drug-likeness (QED) is 0.889. The molecule has 1 aliphatic heterocycles. The van der Waals surface area contributed by atoms with Crippen molar-refractivity contribution in [2.75, 3.05) is 18.0 Å². The van der Waals surface area contributed by atoms with Crippen molar-refractivity contribution in [3.63, 3.8) is 0 Å². The van der Waals surface area contributed by atoms with Gasteiger partial charge in [0, 0.05) is 30.2 Å². The molecule has 2 unspecified atom stereocenters. The van der Waals surface area contributed by atoms with Crippen molar-refractivity contribution in [2.45, 2.75) is 19.3 Å². The molecule has 3 rings (SSSR count). The van der Waals surface area contributed by atoms with Gasteiger partial charge in [0.1, 0.15) is 0 Å². The first kappa shape index (κ1) is 17.5. The highest BCUT2D eigenvalue weighted by atomic mass is 35.5. The second-order valence-corrected chi connectivity index (χ2v) is 6.88. The third-order valence-electron chi connectivity index (χ3n) is 4.59. The highest BCUT2D eigenvalue weighted by molar-refractivity contribution is 6.30. The minimum atomic E-state index is -0.314. The molecule has 0 bridgehead atoms. The fraction of sp³-hybridized carbons (Fsp3) is 0.300. The van der Waals surface area contributed by atoms with Gasteiger partial charge in [0.05, 0.1) is 5.92 Å². The number of amides is 2. The average Bonchev–Trinajstić information content (AvgIpc) is 3.02. The van der Waals surface area contributed by atoms with Gasteiger partial charge in [0.25, 0.3) is 0 Å². The van der Waals surface area contributed by atoms with Crippen LogP contribution in [0.15, 0.2) is 54.6 Å². The van der Waals surface area contributed by atoms with Crippen molar-refractivity contribution in [1.82, 2.24) is 5.32 Å². The van der Waals surface area contributed by atoms with Crippen LogP contribution in [-0.2, 0) is 9.59 Å². The molecule has 0 radical (unpaired) electrons. The van der Waals surface area contributed by atoms with E-state index in [2.05, 4.69) is 24.4 Å². The summed E-state index contributed by atoms with van der Waals surface area (Å²) >= 11 is 5.89. The topological polar surface area (TPSA) is 49.4 Å². The van der Waals surface area contributed by atoms with E-state index in [1.165, 1.54) is 5.56 Å². The number of nitrogens with zero attached hydrogens (tertiary/aromatic N) is 1. The molecule has 2 atom stereocenters. The molecule has 4 nitrogen and oxygen atoms in total. The number of carbonyl (C=O) groups excluding carboxylic acids is 2. The Balaban J connectivity index is 1.56. The number of benzene rings is 2. The number of rotatable bonds is 5. The van der Waals surface area contributed by atoms with E-state index in [4.69, 9.17) is 11.6 Å². The van der Waals surface area contributed by atoms with Crippen molar-refractivity contribution in [2.24, 2.45) is 5.92 Å². The van der Waals surface area contributed by atoms with Crippen LogP contribution in [0.1, 0.15) is 24.8 Å². The molecule has 1 aliphatic rings. The summed E-state index contributed by atoms with van der Waals surface area (Å²) in [6.07, 6.45) is 0.244. The highest BCUT2D eigenvalue weighted by Gasteiger charge is 2.35. The lowest BCUT2D eigenvalue weighted by molar-refractivity contribution is -0.126. The molecule has 1 saturated heterocycles. The van der Waals surface area contributed by atoms with E-state index < -0.39 is 0 Å². The van der Waals surface area contributed by atoms with E-state index in [9.17, 15) is 9.59 Å². The van der Waals surface area contributed by atoms with Crippen LogP contribution in [0.5, 0.6) is 0 Å². The Hall–Kier alpha value is -2.33. The molecule has 0 aromatic heterocycles. The molecule has 2 aromatic rings. The van der Waals surface area contributed by atoms with Crippen LogP contribution in [0.3, 0.4) is 0 Å². The lowest BCUT2D eigenvalue weighted by atomic mass is 10.0. The number of anilines is 1. The molecule has 1 heterocycles. The van der Waals surface area contributed by atoms with Crippen LogP contribution < -0.4 is 10.2 Å². The molecule has 2 aromatic carbocycles. The van der Waals surface area contributed by atoms with Crippen molar-refractivity contribution >= 4 is 29.1 Å². The van der Waals surface area contributed by atoms with E-state index in [0.717, 1.165) is 5.69 Å². The number of carbonyl (C=O) groups is 2. The second kappa shape index (κ2) is 7.70. The fourth-order valence-corrected chi connectivity index (χ4v) is 3.18. The summed E-state index contributed by atoms with van der Waals surface area (Å²) in [5.74, 6) is -0.174. The number of hydrogen-bond acceptors (Lipinski definition) is 2. The van der Waals surface area contributed by atoms with Crippen molar-refractivity contribution < 1.29 is 9.59 Å². The Labute approximate surface area is 152 Å². The third kappa shape index (κ3) is 4.20. The molecule has 130 valence electrons. The lowest BCUT2D eigenvalue weighted by Crippen LogP contribution is -2.35. The molecule has 2 amide bonds. The maximum Gasteiger partial charge on any atom is 0.227 e. The summed E-state index contributed by atoms with van der Waals surface area (Å²) in [5, 5.41) is 3.61. The van der Waals surface area contributed by atoms with E-state index in [1.54, 1.807) is 29.2 Å². The first-order chi connectivity index (χ1) is 12.0. The normalized spacial score (nSPS) is 18.2. The summed E-state index contributed by atoms with van der Waals surface area (Å²) in [4.78, 5) is 26.3. The van der Waals surface area contributed by atoms with E-state index in [1.807, 2.05) is 18.2 Å².